The Bertz CT molecular complexity index is 397. The number of benzene rings is 1. The molecule has 2 unspecified atom stereocenters. The monoisotopic (exact) mass is 289 g/mol. The molecule has 0 aromatic heterocycles. The summed E-state index contributed by atoms with van der Waals surface area (Å²) in [5, 5.41) is 10.7. The molecule has 1 aromatic rings. The van der Waals surface area contributed by atoms with Gasteiger partial charge < -0.3 is 5.11 Å². The Kier molecular flexibility index (Phi) is 6.25. The highest BCUT2D eigenvalue weighted by atomic mass is 16.3. The van der Waals surface area contributed by atoms with Crippen molar-refractivity contribution in [3.63, 3.8) is 0 Å². The van der Waals surface area contributed by atoms with Crippen LogP contribution in [0, 0.1) is 5.92 Å². The van der Waals surface area contributed by atoms with E-state index in [1.165, 1.54) is 32.1 Å². The summed E-state index contributed by atoms with van der Waals surface area (Å²) in [5.41, 5.74) is 1.04. The molecule has 1 fully saturated rings. The second-order valence-corrected chi connectivity index (χ2v) is 6.95. The Labute approximate surface area is 130 Å². The topological polar surface area (TPSA) is 23.5 Å². The Morgan fingerprint density at radius 2 is 1.71 bits per heavy atom. The summed E-state index contributed by atoms with van der Waals surface area (Å²) >= 11 is 0. The fourth-order valence-corrected chi connectivity index (χ4v) is 3.47. The SMILES string of the molecule is CC(C)CCN(C1CCCC1)C(C)C(O)c1ccccc1. The van der Waals surface area contributed by atoms with Gasteiger partial charge in [0, 0.05) is 12.1 Å². The van der Waals surface area contributed by atoms with E-state index in [1.54, 1.807) is 0 Å². The first-order valence-corrected chi connectivity index (χ1v) is 8.58. The molecular weight excluding hydrogens is 258 g/mol. The molecule has 0 bridgehead atoms. The third-order valence-corrected chi connectivity index (χ3v) is 4.88. The number of rotatable bonds is 7. The van der Waals surface area contributed by atoms with Gasteiger partial charge in [-0.15, -0.1) is 0 Å². The summed E-state index contributed by atoms with van der Waals surface area (Å²) in [6.45, 7) is 7.86. The maximum atomic E-state index is 10.7. The Hall–Kier alpha value is -0.860. The van der Waals surface area contributed by atoms with Gasteiger partial charge in [-0.1, -0.05) is 57.0 Å². The predicted molar refractivity (Wildman–Crippen MR) is 89.3 cm³/mol. The van der Waals surface area contributed by atoms with Crippen LogP contribution in [0.5, 0.6) is 0 Å². The van der Waals surface area contributed by atoms with Gasteiger partial charge in [0.1, 0.15) is 0 Å². The standard InChI is InChI=1S/C19H31NO/c1-15(2)13-14-20(18-11-7-8-12-18)16(3)19(21)17-9-5-4-6-10-17/h4-6,9-10,15-16,18-19,21H,7-8,11-14H2,1-3H3. The second kappa shape index (κ2) is 7.95. The van der Waals surface area contributed by atoms with Crippen LogP contribution in [0.15, 0.2) is 30.3 Å². The number of aliphatic hydroxyl groups is 1. The van der Waals surface area contributed by atoms with E-state index in [9.17, 15) is 5.11 Å². The predicted octanol–water partition coefficient (Wildman–Crippen LogP) is 4.40. The second-order valence-electron chi connectivity index (χ2n) is 6.95. The highest BCUT2D eigenvalue weighted by Crippen LogP contribution is 2.30. The summed E-state index contributed by atoms with van der Waals surface area (Å²) in [4.78, 5) is 2.57. The molecule has 21 heavy (non-hydrogen) atoms. The van der Waals surface area contributed by atoms with Gasteiger partial charge in [-0.2, -0.15) is 0 Å². The van der Waals surface area contributed by atoms with E-state index in [-0.39, 0.29) is 12.1 Å². The number of aliphatic hydroxyl groups excluding tert-OH is 1. The lowest BCUT2D eigenvalue weighted by Gasteiger charge is -2.37. The van der Waals surface area contributed by atoms with Gasteiger partial charge in [-0.25, -0.2) is 0 Å². The largest absolute Gasteiger partial charge is 0.387 e. The molecule has 1 aliphatic carbocycles. The van der Waals surface area contributed by atoms with Crippen molar-refractivity contribution in [1.82, 2.24) is 4.90 Å². The van der Waals surface area contributed by atoms with Gasteiger partial charge in [0.25, 0.3) is 0 Å². The molecule has 1 saturated carbocycles. The fourth-order valence-electron chi connectivity index (χ4n) is 3.47. The van der Waals surface area contributed by atoms with Gasteiger partial charge in [-0.05, 0) is 44.2 Å². The zero-order valence-electron chi connectivity index (χ0n) is 13.8. The van der Waals surface area contributed by atoms with E-state index in [2.05, 4.69) is 25.7 Å². The fraction of sp³-hybridized carbons (Fsp3) is 0.684. The molecule has 2 nitrogen and oxygen atoms in total. The van der Waals surface area contributed by atoms with Crippen molar-refractivity contribution in [3.05, 3.63) is 35.9 Å². The van der Waals surface area contributed by atoms with Crippen molar-refractivity contribution in [3.8, 4) is 0 Å². The highest BCUT2D eigenvalue weighted by molar-refractivity contribution is 5.18. The van der Waals surface area contributed by atoms with Crippen molar-refractivity contribution in [2.75, 3.05) is 6.54 Å². The van der Waals surface area contributed by atoms with Crippen molar-refractivity contribution in [1.29, 1.82) is 0 Å². The van der Waals surface area contributed by atoms with Crippen LogP contribution in [0.1, 0.15) is 64.5 Å². The normalized spacial score (nSPS) is 19.3. The van der Waals surface area contributed by atoms with Crippen LogP contribution in [0.25, 0.3) is 0 Å². The van der Waals surface area contributed by atoms with Gasteiger partial charge in [-0.3, -0.25) is 4.90 Å². The van der Waals surface area contributed by atoms with Gasteiger partial charge in [0.05, 0.1) is 6.10 Å². The highest BCUT2D eigenvalue weighted by Gasteiger charge is 2.30. The van der Waals surface area contributed by atoms with Crippen LogP contribution in [-0.2, 0) is 0 Å². The Balaban J connectivity index is 2.07. The average molecular weight is 289 g/mol. The van der Waals surface area contributed by atoms with E-state index in [1.807, 2.05) is 30.3 Å². The first-order valence-electron chi connectivity index (χ1n) is 8.58. The molecule has 0 heterocycles. The minimum Gasteiger partial charge on any atom is -0.387 e. The molecule has 0 aliphatic heterocycles. The van der Waals surface area contributed by atoms with Crippen molar-refractivity contribution >= 4 is 0 Å². The van der Waals surface area contributed by atoms with E-state index in [4.69, 9.17) is 0 Å². The molecule has 2 rings (SSSR count). The smallest absolute Gasteiger partial charge is 0.0942 e. The summed E-state index contributed by atoms with van der Waals surface area (Å²) in [7, 11) is 0. The van der Waals surface area contributed by atoms with Crippen LogP contribution in [-0.4, -0.2) is 28.6 Å². The average Bonchev–Trinajstić information content (AvgIpc) is 3.01. The number of hydrogen-bond donors (Lipinski definition) is 1. The Morgan fingerprint density at radius 1 is 1.10 bits per heavy atom. The number of hydrogen-bond acceptors (Lipinski definition) is 2. The number of nitrogens with zero attached hydrogens (tertiary/aromatic N) is 1. The molecule has 118 valence electrons. The first-order chi connectivity index (χ1) is 10.1. The maximum absolute atomic E-state index is 10.7. The lowest BCUT2D eigenvalue weighted by atomic mass is 9.99. The lowest BCUT2D eigenvalue weighted by Crippen LogP contribution is -2.44. The lowest BCUT2D eigenvalue weighted by molar-refractivity contribution is 0.0302. The molecular formula is C19H31NO. The molecule has 0 saturated heterocycles. The van der Waals surface area contributed by atoms with Crippen LogP contribution in [0.4, 0.5) is 0 Å². The van der Waals surface area contributed by atoms with Crippen LogP contribution in [0.3, 0.4) is 0 Å². The molecule has 0 spiro atoms. The van der Waals surface area contributed by atoms with E-state index >= 15 is 0 Å². The summed E-state index contributed by atoms with van der Waals surface area (Å²) in [6.07, 6.45) is 6.10. The zero-order chi connectivity index (χ0) is 15.2. The van der Waals surface area contributed by atoms with Crippen LogP contribution < -0.4 is 0 Å². The maximum Gasteiger partial charge on any atom is 0.0942 e. The first kappa shape index (κ1) is 16.5. The summed E-state index contributed by atoms with van der Waals surface area (Å²) in [6, 6.07) is 11.0. The van der Waals surface area contributed by atoms with Crippen molar-refractivity contribution < 1.29 is 5.11 Å². The Morgan fingerprint density at radius 3 is 2.29 bits per heavy atom. The van der Waals surface area contributed by atoms with Crippen molar-refractivity contribution in [2.24, 2.45) is 5.92 Å². The summed E-state index contributed by atoms with van der Waals surface area (Å²) in [5.74, 6) is 0.718. The molecule has 1 aromatic carbocycles. The van der Waals surface area contributed by atoms with Crippen LogP contribution >= 0.6 is 0 Å². The van der Waals surface area contributed by atoms with E-state index in [0.717, 1.165) is 18.0 Å². The van der Waals surface area contributed by atoms with Gasteiger partial charge in [0.15, 0.2) is 0 Å². The summed E-state index contributed by atoms with van der Waals surface area (Å²) < 4.78 is 0. The minimum absolute atomic E-state index is 0.189. The zero-order valence-corrected chi connectivity index (χ0v) is 13.8. The van der Waals surface area contributed by atoms with E-state index in [0.29, 0.717) is 6.04 Å². The molecule has 1 N–H and O–H groups in total. The third-order valence-electron chi connectivity index (χ3n) is 4.88. The molecule has 0 amide bonds. The van der Waals surface area contributed by atoms with Gasteiger partial charge in [0.2, 0.25) is 0 Å². The quantitative estimate of drug-likeness (QED) is 0.804. The molecule has 0 radical (unpaired) electrons. The van der Waals surface area contributed by atoms with Crippen molar-refractivity contribution in [2.45, 2.75) is 71.1 Å². The molecule has 2 heteroatoms. The minimum atomic E-state index is -0.390. The van der Waals surface area contributed by atoms with Gasteiger partial charge >= 0.3 is 0 Å². The third kappa shape index (κ3) is 4.55. The van der Waals surface area contributed by atoms with Crippen LogP contribution in [0.2, 0.25) is 0 Å². The molecule has 1 aliphatic rings. The van der Waals surface area contributed by atoms with E-state index < -0.39 is 0 Å². The molecule has 2 atom stereocenters.